The van der Waals surface area contributed by atoms with Gasteiger partial charge >= 0.3 is 0 Å². The SMILES string of the molecule is CC[NH+]1CCC[C@H]1CNC(=O)C1c2ccccc2Oc2ccccc21. The van der Waals surface area contributed by atoms with Gasteiger partial charge in [-0.1, -0.05) is 36.4 Å². The van der Waals surface area contributed by atoms with Crippen molar-refractivity contribution in [2.24, 2.45) is 0 Å². The molecule has 0 bridgehead atoms. The highest BCUT2D eigenvalue weighted by Crippen LogP contribution is 2.43. The fourth-order valence-electron chi connectivity index (χ4n) is 4.21. The van der Waals surface area contributed by atoms with Crippen LogP contribution in [0.15, 0.2) is 48.5 Å². The second kappa shape index (κ2) is 6.89. The number of benzene rings is 2. The summed E-state index contributed by atoms with van der Waals surface area (Å²) in [6, 6.07) is 16.2. The number of rotatable bonds is 4. The van der Waals surface area contributed by atoms with Crippen molar-refractivity contribution >= 4 is 5.91 Å². The molecule has 0 aliphatic carbocycles. The Morgan fingerprint density at radius 3 is 2.40 bits per heavy atom. The molecule has 2 aliphatic heterocycles. The maximum absolute atomic E-state index is 13.1. The van der Waals surface area contributed by atoms with E-state index in [1.807, 2.05) is 48.5 Å². The van der Waals surface area contributed by atoms with E-state index in [2.05, 4.69) is 12.2 Å². The molecule has 2 atom stereocenters. The molecule has 2 aromatic rings. The minimum Gasteiger partial charge on any atom is -0.457 e. The van der Waals surface area contributed by atoms with Crippen molar-refractivity contribution in [2.75, 3.05) is 19.6 Å². The van der Waals surface area contributed by atoms with Gasteiger partial charge < -0.3 is 15.0 Å². The molecule has 0 radical (unpaired) electrons. The van der Waals surface area contributed by atoms with E-state index in [4.69, 9.17) is 4.74 Å². The van der Waals surface area contributed by atoms with E-state index in [1.54, 1.807) is 4.90 Å². The summed E-state index contributed by atoms with van der Waals surface area (Å²) in [5.41, 5.74) is 1.90. The monoisotopic (exact) mass is 337 g/mol. The maximum Gasteiger partial charge on any atom is 0.232 e. The van der Waals surface area contributed by atoms with Gasteiger partial charge in [-0.25, -0.2) is 0 Å². The molecule has 4 heteroatoms. The Kier molecular flexibility index (Phi) is 4.45. The third-order valence-corrected chi connectivity index (χ3v) is 5.55. The molecule has 1 amide bonds. The predicted molar refractivity (Wildman–Crippen MR) is 97.2 cm³/mol. The van der Waals surface area contributed by atoms with Gasteiger partial charge in [0, 0.05) is 24.0 Å². The van der Waals surface area contributed by atoms with Gasteiger partial charge in [0.15, 0.2) is 0 Å². The first-order valence-corrected chi connectivity index (χ1v) is 9.26. The van der Waals surface area contributed by atoms with E-state index >= 15 is 0 Å². The molecule has 4 rings (SSSR count). The number of ether oxygens (including phenoxy) is 1. The Bertz CT molecular complexity index is 728. The average Bonchev–Trinajstić information content (AvgIpc) is 3.11. The highest BCUT2D eigenvalue weighted by atomic mass is 16.5. The Hall–Kier alpha value is -2.33. The number of carbonyl (C=O) groups is 1. The van der Waals surface area contributed by atoms with Gasteiger partial charge in [-0.3, -0.25) is 4.79 Å². The van der Waals surface area contributed by atoms with Gasteiger partial charge in [-0.15, -0.1) is 0 Å². The Morgan fingerprint density at radius 2 is 1.76 bits per heavy atom. The van der Waals surface area contributed by atoms with Gasteiger partial charge in [0.05, 0.1) is 25.6 Å². The Balaban J connectivity index is 1.58. The molecule has 0 aromatic heterocycles. The van der Waals surface area contributed by atoms with Crippen LogP contribution >= 0.6 is 0 Å². The number of amides is 1. The largest absolute Gasteiger partial charge is 0.457 e. The van der Waals surface area contributed by atoms with Crippen LogP contribution in [0.25, 0.3) is 0 Å². The Morgan fingerprint density at radius 1 is 1.12 bits per heavy atom. The highest BCUT2D eigenvalue weighted by Gasteiger charge is 2.34. The van der Waals surface area contributed by atoms with Crippen LogP contribution in [0.2, 0.25) is 0 Å². The summed E-state index contributed by atoms with van der Waals surface area (Å²) in [5.74, 6) is 1.34. The first kappa shape index (κ1) is 16.2. The standard InChI is InChI=1S/C21H24N2O2/c1-2-23-13-7-8-15(23)14-22-21(24)20-16-9-3-5-11-18(16)25-19-12-6-4-10-17(19)20/h3-6,9-12,15,20H,2,7-8,13-14H2,1H3,(H,22,24)/p+1/t15-/m0/s1. The van der Waals surface area contributed by atoms with Crippen molar-refractivity contribution < 1.29 is 14.4 Å². The number of para-hydroxylation sites is 2. The molecule has 0 spiro atoms. The Labute approximate surface area is 148 Å². The molecule has 25 heavy (non-hydrogen) atoms. The first-order chi connectivity index (χ1) is 12.3. The van der Waals surface area contributed by atoms with Crippen molar-refractivity contribution in [3.8, 4) is 11.5 Å². The van der Waals surface area contributed by atoms with Crippen LogP contribution in [0.3, 0.4) is 0 Å². The fourth-order valence-corrected chi connectivity index (χ4v) is 4.21. The molecule has 2 aliphatic rings. The lowest BCUT2D eigenvalue weighted by molar-refractivity contribution is -0.909. The molecule has 1 saturated heterocycles. The number of likely N-dealkylation sites (N-methyl/N-ethyl adjacent to an activating group) is 1. The van der Waals surface area contributed by atoms with Crippen LogP contribution < -0.4 is 15.0 Å². The van der Waals surface area contributed by atoms with Crippen molar-refractivity contribution in [2.45, 2.75) is 31.7 Å². The molecule has 2 heterocycles. The normalized spacial score (nSPS) is 22.0. The summed E-state index contributed by atoms with van der Waals surface area (Å²) in [6.45, 7) is 5.33. The van der Waals surface area contributed by atoms with Crippen molar-refractivity contribution in [3.05, 3.63) is 59.7 Å². The lowest BCUT2D eigenvalue weighted by atomic mass is 9.87. The lowest BCUT2D eigenvalue weighted by Gasteiger charge is -2.28. The van der Waals surface area contributed by atoms with E-state index in [1.165, 1.54) is 19.4 Å². The average molecular weight is 337 g/mol. The third-order valence-electron chi connectivity index (χ3n) is 5.55. The van der Waals surface area contributed by atoms with E-state index in [0.717, 1.165) is 35.7 Å². The van der Waals surface area contributed by atoms with E-state index in [0.29, 0.717) is 6.04 Å². The summed E-state index contributed by atoms with van der Waals surface area (Å²) in [6.07, 6.45) is 2.46. The van der Waals surface area contributed by atoms with Gasteiger partial charge in [-0.2, -0.15) is 0 Å². The van der Waals surface area contributed by atoms with Crippen LogP contribution in [0.1, 0.15) is 36.8 Å². The van der Waals surface area contributed by atoms with Crippen molar-refractivity contribution in [1.82, 2.24) is 5.32 Å². The summed E-state index contributed by atoms with van der Waals surface area (Å²) in [4.78, 5) is 14.7. The second-order valence-corrected chi connectivity index (χ2v) is 6.96. The molecule has 0 saturated carbocycles. The van der Waals surface area contributed by atoms with Crippen molar-refractivity contribution in [1.29, 1.82) is 0 Å². The van der Waals surface area contributed by atoms with Gasteiger partial charge in [0.1, 0.15) is 17.5 Å². The highest BCUT2D eigenvalue weighted by molar-refractivity contribution is 5.89. The number of likely N-dealkylation sites (tertiary alicyclic amines) is 1. The number of quaternary nitrogens is 1. The molecule has 1 unspecified atom stereocenters. The minimum absolute atomic E-state index is 0.0746. The molecule has 4 nitrogen and oxygen atoms in total. The molecule has 2 aromatic carbocycles. The minimum atomic E-state index is -0.298. The number of fused-ring (bicyclic) bond motifs is 2. The zero-order valence-electron chi connectivity index (χ0n) is 14.6. The topological polar surface area (TPSA) is 42.8 Å². The van der Waals surface area contributed by atoms with Gasteiger partial charge in [0.2, 0.25) is 5.91 Å². The van der Waals surface area contributed by atoms with E-state index in [9.17, 15) is 4.79 Å². The van der Waals surface area contributed by atoms with Gasteiger partial charge in [-0.05, 0) is 19.1 Å². The van der Waals surface area contributed by atoms with Crippen LogP contribution in [-0.4, -0.2) is 31.6 Å². The maximum atomic E-state index is 13.1. The number of hydrogen-bond acceptors (Lipinski definition) is 2. The lowest BCUT2D eigenvalue weighted by Crippen LogP contribution is -3.14. The van der Waals surface area contributed by atoms with E-state index < -0.39 is 0 Å². The smallest absolute Gasteiger partial charge is 0.232 e. The first-order valence-electron chi connectivity index (χ1n) is 9.26. The summed E-state index contributed by atoms with van der Waals surface area (Å²) in [5, 5.41) is 3.23. The van der Waals surface area contributed by atoms with E-state index in [-0.39, 0.29) is 11.8 Å². The zero-order chi connectivity index (χ0) is 17.2. The summed E-state index contributed by atoms with van der Waals surface area (Å²) in [7, 11) is 0. The predicted octanol–water partition coefficient (Wildman–Crippen LogP) is 2.11. The van der Waals surface area contributed by atoms with Crippen LogP contribution in [0.4, 0.5) is 0 Å². The van der Waals surface area contributed by atoms with Gasteiger partial charge in [0.25, 0.3) is 0 Å². The third kappa shape index (κ3) is 3.02. The van der Waals surface area contributed by atoms with Crippen LogP contribution in [-0.2, 0) is 4.79 Å². The number of carbonyl (C=O) groups excluding carboxylic acids is 1. The fraction of sp³-hybridized carbons (Fsp3) is 0.381. The quantitative estimate of drug-likeness (QED) is 0.897. The molecule has 130 valence electrons. The molecular formula is C21H25N2O2+. The second-order valence-electron chi connectivity index (χ2n) is 6.96. The number of nitrogens with one attached hydrogen (secondary N) is 2. The van der Waals surface area contributed by atoms with Crippen LogP contribution in [0, 0.1) is 0 Å². The molecule has 2 N–H and O–H groups in total. The molecule has 1 fully saturated rings. The molecular weight excluding hydrogens is 312 g/mol. The van der Waals surface area contributed by atoms with Crippen LogP contribution in [0.5, 0.6) is 11.5 Å². The van der Waals surface area contributed by atoms with Crippen molar-refractivity contribution in [3.63, 3.8) is 0 Å². The summed E-state index contributed by atoms with van der Waals surface area (Å²) >= 11 is 0. The zero-order valence-corrected chi connectivity index (χ0v) is 14.6. The summed E-state index contributed by atoms with van der Waals surface area (Å²) < 4.78 is 5.99. The number of hydrogen-bond donors (Lipinski definition) is 2.